The Morgan fingerprint density at radius 1 is 1.30 bits per heavy atom. The monoisotopic (exact) mass is 155 g/mol. The van der Waals surface area contributed by atoms with Crippen LogP contribution < -0.4 is 0 Å². The molecule has 0 spiro atoms. The van der Waals surface area contributed by atoms with E-state index in [4.69, 9.17) is 11.6 Å². The Labute approximate surface area is 66.4 Å². The number of hydrogen-bond donors (Lipinski definition) is 0. The largest absolute Gasteiger partial charge is 0.265 e. The van der Waals surface area contributed by atoms with E-state index in [2.05, 4.69) is 11.6 Å². The summed E-state index contributed by atoms with van der Waals surface area (Å²) in [7, 11) is 0. The summed E-state index contributed by atoms with van der Waals surface area (Å²) >= 11 is 5.07. The number of alkyl halides is 1. The molecule has 1 heterocycles. The van der Waals surface area contributed by atoms with Crippen molar-refractivity contribution >= 4 is 11.6 Å². The standard InChI is InChI=1S/C5H5N.C3H5Cl/c1-2-4-6-5-3-1;1-2-3-4/h1-5H;2H,1,3H2. The zero-order valence-corrected chi connectivity index (χ0v) is 6.46. The smallest absolute Gasteiger partial charge is 0.0401 e. The fourth-order valence-electron chi connectivity index (χ4n) is 0.313. The lowest BCUT2D eigenvalue weighted by Crippen LogP contribution is -1.58. The molecule has 0 amide bonds. The van der Waals surface area contributed by atoms with Crippen molar-refractivity contribution in [3.63, 3.8) is 0 Å². The highest BCUT2D eigenvalue weighted by Gasteiger charge is 1.58. The molecule has 0 N–H and O–H groups in total. The summed E-state index contributed by atoms with van der Waals surface area (Å²) in [5.74, 6) is 0.556. The second-order valence-corrected chi connectivity index (χ2v) is 1.78. The van der Waals surface area contributed by atoms with E-state index in [-0.39, 0.29) is 0 Å². The van der Waals surface area contributed by atoms with Gasteiger partial charge in [0.1, 0.15) is 0 Å². The molecule has 0 aliphatic heterocycles. The van der Waals surface area contributed by atoms with Crippen molar-refractivity contribution in [1.29, 1.82) is 0 Å². The number of hydrogen-bond acceptors (Lipinski definition) is 1. The fourth-order valence-corrected chi connectivity index (χ4v) is 0.313. The molecule has 0 aliphatic rings. The van der Waals surface area contributed by atoms with Crippen LogP contribution in [0, 0.1) is 0 Å². The summed E-state index contributed by atoms with van der Waals surface area (Å²) < 4.78 is 0. The summed E-state index contributed by atoms with van der Waals surface area (Å²) in [6, 6.07) is 5.72. The zero-order chi connectivity index (χ0) is 7.66. The predicted octanol–water partition coefficient (Wildman–Crippen LogP) is 2.49. The van der Waals surface area contributed by atoms with Gasteiger partial charge in [-0.3, -0.25) is 4.98 Å². The van der Waals surface area contributed by atoms with Crippen molar-refractivity contribution in [2.24, 2.45) is 0 Å². The highest BCUT2D eigenvalue weighted by molar-refractivity contribution is 6.18. The van der Waals surface area contributed by atoms with Crippen LogP contribution in [0.1, 0.15) is 0 Å². The zero-order valence-electron chi connectivity index (χ0n) is 5.70. The molecule has 0 aromatic carbocycles. The molecule has 1 nitrogen and oxygen atoms in total. The maximum absolute atomic E-state index is 5.07. The molecule has 0 bridgehead atoms. The lowest BCUT2D eigenvalue weighted by Gasteiger charge is -1.70. The fraction of sp³-hybridized carbons (Fsp3) is 0.125. The van der Waals surface area contributed by atoms with Gasteiger partial charge in [0.25, 0.3) is 0 Å². The van der Waals surface area contributed by atoms with Gasteiger partial charge in [0.05, 0.1) is 0 Å². The molecule has 0 unspecified atom stereocenters. The van der Waals surface area contributed by atoms with Crippen molar-refractivity contribution in [2.75, 3.05) is 5.88 Å². The van der Waals surface area contributed by atoms with E-state index in [1.165, 1.54) is 0 Å². The van der Waals surface area contributed by atoms with E-state index < -0.39 is 0 Å². The molecular weight excluding hydrogens is 146 g/mol. The van der Waals surface area contributed by atoms with Crippen LogP contribution >= 0.6 is 11.6 Å². The Kier molecular flexibility index (Phi) is 7.51. The number of rotatable bonds is 1. The van der Waals surface area contributed by atoms with Crippen LogP contribution in [0.25, 0.3) is 0 Å². The first-order chi connectivity index (χ1) is 4.91. The van der Waals surface area contributed by atoms with Gasteiger partial charge in [-0.15, -0.1) is 18.2 Å². The molecule has 1 rings (SSSR count). The van der Waals surface area contributed by atoms with Gasteiger partial charge >= 0.3 is 0 Å². The molecule has 0 saturated heterocycles. The Morgan fingerprint density at radius 2 is 1.80 bits per heavy atom. The normalized spacial score (nSPS) is 7.30. The van der Waals surface area contributed by atoms with Crippen LogP contribution in [0.5, 0.6) is 0 Å². The second kappa shape index (κ2) is 8.18. The quantitative estimate of drug-likeness (QED) is 0.449. The van der Waals surface area contributed by atoms with E-state index in [0.29, 0.717) is 5.88 Å². The van der Waals surface area contributed by atoms with Crippen LogP contribution in [-0.2, 0) is 0 Å². The van der Waals surface area contributed by atoms with Crippen molar-refractivity contribution in [3.8, 4) is 0 Å². The predicted molar refractivity (Wildman–Crippen MR) is 45.2 cm³/mol. The minimum atomic E-state index is 0.556. The van der Waals surface area contributed by atoms with Crippen LogP contribution in [0.2, 0.25) is 0 Å². The summed E-state index contributed by atoms with van der Waals surface area (Å²) in [5.41, 5.74) is 0. The molecule has 0 atom stereocenters. The highest BCUT2D eigenvalue weighted by atomic mass is 35.5. The lowest BCUT2D eigenvalue weighted by atomic mass is 10.5. The van der Waals surface area contributed by atoms with Crippen LogP contribution in [0.3, 0.4) is 0 Å². The molecule has 54 valence electrons. The SMILES string of the molecule is C=CCCl.c1ccncc1. The minimum absolute atomic E-state index is 0.556. The molecule has 1 aromatic heterocycles. The van der Waals surface area contributed by atoms with E-state index in [9.17, 15) is 0 Å². The van der Waals surface area contributed by atoms with Crippen LogP contribution in [0.15, 0.2) is 43.2 Å². The van der Waals surface area contributed by atoms with Gasteiger partial charge in [-0.25, -0.2) is 0 Å². The van der Waals surface area contributed by atoms with Gasteiger partial charge in [0, 0.05) is 18.3 Å². The minimum Gasteiger partial charge on any atom is -0.265 e. The maximum atomic E-state index is 5.07. The summed E-state index contributed by atoms with van der Waals surface area (Å²) in [5, 5.41) is 0. The van der Waals surface area contributed by atoms with Crippen LogP contribution in [-0.4, -0.2) is 10.9 Å². The Hall–Kier alpha value is -0.820. The molecule has 1 aromatic rings. The number of pyridine rings is 1. The van der Waals surface area contributed by atoms with E-state index in [1.54, 1.807) is 18.5 Å². The summed E-state index contributed by atoms with van der Waals surface area (Å²) in [4.78, 5) is 3.78. The van der Waals surface area contributed by atoms with Gasteiger partial charge in [0.15, 0.2) is 0 Å². The van der Waals surface area contributed by atoms with Crippen molar-refractivity contribution in [1.82, 2.24) is 4.98 Å². The van der Waals surface area contributed by atoms with Gasteiger partial charge in [-0.05, 0) is 12.1 Å². The molecule has 10 heavy (non-hydrogen) atoms. The highest BCUT2D eigenvalue weighted by Crippen LogP contribution is 1.73. The topological polar surface area (TPSA) is 12.9 Å². The van der Waals surface area contributed by atoms with Crippen molar-refractivity contribution in [2.45, 2.75) is 0 Å². The molecule has 2 heteroatoms. The van der Waals surface area contributed by atoms with E-state index in [0.717, 1.165) is 0 Å². The van der Waals surface area contributed by atoms with Crippen molar-refractivity contribution < 1.29 is 0 Å². The number of allylic oxidation sites excluding steroid dienone is 1. The van der Waals surface area contributed by atoms with Crippen molar-refractivity contribution in [3.05, 3.63) is 43.2 Å². The number of halogens is 1. The first kappa shape index (κ1) is 9.18. The van der Waals surface area contributed by atoms with Gasteiger partial charge < -0.3 is 0 Å². The van der Waals surface area contributed by atoms with Gasteiger partial charge in [-0.1, -0.05) is 12.1 Å². The third-order valence-electron chi connectivity index (χ3n) is 0.676. The molecular formula is C8H10ClN. The third-order valence-corrected chi connectivity index (χ3v) is 0.894. The third kappa shape index (κ3) is 7.18. The average molecular weight is 156 g/mol. The number of aromatic nitrogens is 1. The molecule has 0 saturated carbocycles. The van der Waals surface area contributed by atoms with Gasteiger partial charge in [0.2, 0.25) is 0 Å². The maximum Gasteiger partial charge on any atom is 0.0401 e. The second-order valence-electron chi connectivity index (χ2n) is 1.47. The molecule has 0 fully saturated rings. The lowest BCUT2D eigenvalue weighted by molar-refractivity contribution is 1.33. The first-order valence-corrected chi connectivity index (χ1v) is 3.47. The Balaban J connectivity index is 0.000000180. The van der Waals surface area contributed by atoms with Crippen LogP contribution in [0.4, 0.5) is 0 Å². The Morgan fingerprint density at radius 3 is 1.90 bits per heavy atom. The van der Waals surface area contributed by atoms with E-state index in [1.807, 2.05) is 18.2 Å². The molecule has 0 aliphatic carbocycles. The Bertz CT molecular complexity index is 124. The summed E-state index contributed by atoms with van der Waals surface area (Å²) in [6.45, 7) is 3.35. The molecule has 0 radical (unpaired) electrons. The van der Waals surface area contributed by atoms with E-state index >= 15 is 0 Å². The summed E-state index contributed by atoms with van der Waals surface area (Å²) in [6.07, 6.45) is 5.14. The number of nitrogens with zero attached hydrogens (tertiary/aromatic N) is 1. The average Bonchev–Trinajstić information content (AvgIpc) is 2.08. The van der Waals surface area contributed by atoms with Gasteiger partial charge in [-0.2, -0.15) is 0 Å². The first-order valence-electron chi connectivity index (χ1n) is 2.93.